The van der Waals surface area contributed by atoms with E-state index in [0.29, 0.717) is 12.8 Å². The van der Waals surface area contributed by atoms with Crippen LogP contribution in [0.2, 0.25) is 0 Å². The van der Waals surface area contributed by atoms with Crippen molar-refractivity contribution in [2.75, 3.05) is 20.2 Å². The number of hydrogen-bond donors (Lipinski definition) is 1. The minimum atomic E-state index is -1.59. The SMILES string of the molecule is CC.CC[C@@]1(CO)CC(=C(F)F)CN1C. The number of halogens is 2. The van der Waals surface area contributed by atoms with E-state index in [1.807, 2.05) is 25.7 Å². The molecule has 15 heavy (non-hydrogen) atoms. The van der Waals surface area contributed by atoms with Crippen LogP contribution in [-0.2, 0) is 0 Å². The van der Waals surface area contributed by atoms with E-state index in [1.165, 1.54) is 0 Å². The lowest BCUT2D eigenvalue weighted by Gasteiger charge is -2.32. The fraction of sp³-hybridized carbons (Fsp3) is 0.818. The zero-order valence-electron chi connectivity index (χ0n) is 9.98. The molecule has 1 atom stereocenters. The van der Waals surface area contributed by atoms with Crippen LogP contribution < -0.4 is 0 Å². The molecule has 0 spiro atoms. The van der Waals surface area contributed by atoms with Crippen LogP contribution in [0.4, 0.5) is 8.78 Å². The van der Waals surface area contributed by atoms with Gasteiger partial charge in [-0.25, -0.2) is 0 Å². The second-order valence-corrected chi connectivity index (χ2v) is 3.63. The van der Waals surface area contributed by atoms with Crippen molar-refractivity contribution >= 4 is 0 Å². The van der Waals surface area contributed by atoms with Crippen molar-refractivity contribution in [1.29, 1.82) is 0 Å². The van der Waals surface area contributed by atoms with Gasteiger partial charge in [0.25, 0.3) is 6.08 Å². The summed E-state index contributed by atoms with van der Waals surface area (Å²) in [6, 6.07) is 0. The van der Waals surface area contributed by atoms with Crippen LogP contribution in [0, 0.1) is 0 Å². The normalized spacial score (nSPS) is 26.2. The molecule has 2 nitrogen and oxygen atoms in total. The van der Waals surface area contributed by atoms with E-state index in [-0.39, 0.29) is 18.7 Å². The van der Waals surface area contributed by atoms with Crippen LogP contribution in [0.25, 0.3) is 0 Å². The molecule has 0 radical (unpaired) electrons. The number of nitrogens with zero attached hydrogens (tertiary/aromatic N) is 1. The molecule has 0 aromatic rings. The molecule has 90 valence electrons. The third kappa shape index (κ3) is 2.98. The minimum absolute atomic E-state index is 0.0588. The Morgan fingerprint density at radius 1 is 1.47 bits per heavy atom. The lowest BCUT2D eigenvalue weighted by Crippen LogP contribution is -2.43. The summed E-state index contributed by atoms with van der Waals surface area (Å²) in [5.74, 6) is 0. The molecular formula is C11H21F2NO. The molecule has 1 rings (SSSR count). The Morgan fingerprint density at radius 2 is 2.00 bits per heavy atom. The molecule has 1 heterocycles. The molecule has 1 aliphatic heterocycles. The van der Waals surface area contributed by atoms with Crippen molar-refractivity contribution in [3.05, 3.63) is 11.7 Å². The standard InChI is InChI=1S/C9H15F2NO.C2H6/c1-3-9(6-13)4-7(8(10)11)5-12(9)2;1-2/h13H,3-6H2,1-2H3;1-2H3/t9-;/m0./s1. The zero-order valence-corrected chi connectivity index (χ0v) is 9.98. The summed E-state index contributed by atoms with van der Waals surface area (Å²) in [5, 5.41) is 9.18. The maximum absolute atomic E-state index is 12.3. The predicted molar refractivity (Wildman–Crippen MR) is 57.9 cm³/mol. The first-order valence-electron chi connectivity index (χ1n) is 5.41. The van der Waals surface area contributed by atoms with Crippen molar-refractivity contribution in [3.63, 3.8) is 0 Å². The molecule has 1 fully saturated rings. The average molecular weight is 221 g/mol. The Kier molecular flexibility index (Phi) is 5.98. The van der Waals surface area contributed by atoms with Gasteiger partial charge in [-0.3, -0.25) is 4.90 Å². The monoisotopic (exact) mass is 221 g/mol. The number of hydrogen-bond acceptors (Lipinski definition) is 2. The van der Waals surface area contributed by atoms with Gasteiger partial charge in [-0.1, -0.05) is 20.8 Å². The summed E-state index contributed by atoms with van der Waals surface area (Å²) < 4.78 is 24.6. The van der Waals surface area contributed by atoms with E-state index in [0.717, 1.165) is 0 Å². The molecule has 1 aliphatic rings. The van der Waals surface area contributed by atoms with Crippen molar-refractivity contribution in [2.45, 2.75) is 39.2 Å². The molecular weight excluding hydrogens is 200 g/mol. The Morgan fingerprint density at radius 3 is 2.20 bits per heavy atom. The van der Waals surface area contributed by atoms with Gasteiger partial charge < -0.3 is 5.11 Å². The molecule has 4 heteroatoms. The van der Waals surface area contributed by atoms with E-state index in [9.17, 15) is 13.9 Å². The molecule has 1 saturated heterocycles. The van der Waals surface area contributed by atoms with E-state index in [1.54, 1.807) is 7.05 Å². The Balaban J connectivity index is 0.000000921. The Hall–Kier alpha value is -0.480. The van der Waals surface area contributed by atoms with Gasteiger partial charge >= 0.3 is 0 Å². The largest absolute Gasteiger partial charge is 0.394 e. The fourth-order valence-corrected chi connectivity index (χ4v) is 1.85. The number of aliphatic hydroxyl groups is 1. The molecule has 0 aromatic carbocycles. The van der Waals surface area contributed by atoms with Crippen LogP contribution in [0.3, 0.4) is 0 Å². The summed E-state index contributed by atoms with van der Waals surface area (Å²) in [7, 11) is 1.77. The summed E-state index contributed by atoms with van der Waals surface area (Å²) in [6.07, 6.45) is -0.606. The van der Waals surface area contributed by atoms with E-state index < -0.39 is 11.6 Å². The lowest BCUT2D eigenvalue weighted by atomic mass is 9.93. The van der Waals surface area contributed by atoms with E-state index in [4.69, 9.17) is 0 Å². The van der Waals surface area contributed by atoms with Crippen molar-refractivity contribution in [1.82, 2.24) is 4.90 Å². The van der Waals surface area contributed by atoms with Crippen molar-refractivity contribution < 1.29 is 13.9 Å². The Labute approximate surface area is 90.6 Å². The van der Waals surface area contributed by atoms with Gasteiger partial charge in [-0.05, 0) is 19.9 Å². The van der Waals surface area contributed by atoms with Crippen molar-refractivity contribution in [3.8, 4) is 0 Å². The third-order valence-electron chi connectivity index (χ3n) is 3.00. The third-order valence-corrected chi connectivity index (χ3v) is 3.00. The molecule has 0 aromatic heterocycles. The summed E-state index contributed by atoms with van der Waals surface area (Å²) in [6.45, 7) is 6.12. The first-order valence-corrected chi connectivity index (χ1v) is 5.41. The number of rotatable bonds is 2. The van der Waals surface area contributed by atoms with E-state index >= 15 is 0 Å². The Bertz CT molecular complexity index is 221. The number of aliphatic hydroxyl groups excluding tert-OH is 1. The van der Waals surface area contributed by atoms with Crippen LogP contribution >= 0.6 is 0 Å². The van der Waals surface area contributed by atoms with Gasteiger partial charge in [-0.15, -0.1) is 0 Å². The van der Waals surface area contributed by atoms with Gasteiger partial charge in [0.1, 0.15) is 0 Å². The maximum Gasteiger partial charge on any atom is 0.270 e. The average Bonchev–Trinajstić information content (AvgIpc) is 2.59. The highest BCUT2D eigenvalue weighted by molar-refractivity contribution is 5.18. The lowest BCUT2D eigenvalue weighted by molar-refractivity contribution is 0.0805. The molecule has 0 unspecified atom stereocenters. The van der Waals surface area contributed by atoms with Gasteiger partial charge in [0.2, 0.25) is 0 Å². The predicted octanol–water partition coefficient (Wildman–Crippen LogP) is 2.64. The minimum Gasteiger partial charge on any atom is -0.394 e. The maximum atomic E-state index is 12.3. The van der Waals surface area contributed by atoms with Gasteiger partial charge in [0.05, 0.1) is 6.61 Å². The quantitative estimate of drug-likeness (QED) is 0.775. The zero-order chi connectivity index (χ0) is 12.1. The molecule has 0 bridgehead atoms. The first kappa shape index (κ1) is 14.5. The summed E-state index contributed by atoms with van der Waals surface area (Å²) >= 11 is 0. The number of likely N-dealkylation sites (tertiary alicyclic amines) is 1. The molecule has 1 N–H and O–H groups in total. The van der Waals surface area contributed by atoms with Crippen LogP contribution in [0.1, 0.15) is 33.6 Å². The second kappa shape index (κ2) is 6.18. The fourth-order valence-electron chi connectivity index (χ4n) is 1.85. The smallest absolute Gasteiger partial charge is 0.270 e. The van der Waals surface area contributed by atoms with Gasteiger partial charge in [-0.2, -0.15) is 8.78 Å². The van der Waals surface area contributed by atoms with Gasteiger partial charge in [0, 0.05) is 17.7 Å². The highest BCUT2D eigenvalue weighted by atomic mass is 19.3. The van der Waals surface area contributed by atoms with Gasteiger partial charge in [0.15, 0.2) is 0 Å². The highest BCUT2D eigenvalue weighted by Gasteiger charge is 2.40. The van der Waals surface area contributed by atoms with E-state index in [2.05, 4.69) is 0 Å². The second-order valence-electron chi connectivity index (χ2n) is 3.63. The highest BCUT2D eigenvalue weighted by Crippen LogP contribution is 2.35. The summed E-state index contributed by atoms with van der Waals surface area (Å²) in [5.41, 5.74) is -0.294. The molecule has 0 saturated carbocycles. The number of likely N-dealkylation sites (N-methyl/N-ethyl adjacent to an activating group) is 1. The van der Waals surface area contributed by atoms with Crippen LogP contribution in [0.15, 0.2) is 11.7 Å². The van der Waals surface area contributed by atoms with Crippen LogP contribution in [-0.4, -0.2) is 35.7 Å². The molecule has 0 aliphatic carbocycles. The summed E-state index contributed by atoms with van der Waals surface area (Å²) in [4.78, 5) is 1.81. The topological polar surface area (TPSA) is 23.5 Å². The van der Waals surface area contributed by atoms with Crippen LogP contribution in [0.5, 0.6) is 0 Å². The first-order chi connectivity index (χ1) is 7.05. The molecule has 0 amide bonds. The van der Waals surface area contributed by atoms with Crippen molar-refractivity contribution in [2.24, 2.45) is 0 Å².